The van der Waals surface area contributed by atoms with Gasteiger partial charge in [-0.25, -0.2) is 4.79 Å². The predicted molar refractivity (Wildman–Crippen MR) is 81.9 cm³/mol. The van der Waals surface area contributed by atoms with Crippen molar-refractivity contribution in [3.63, 3.8) is 0 Å². The van der Waals surface area contributed by atoms with E-state index in [0.717, 1.165) is 45.6 Å². The average Bonchev–Trinajstić information content (AvgIpc) is 3.02. The van der Waals surface area contributed by atoms with Crippen LogP contribution in [0.3, 0.4) is 0 Å². The lowest BCUT2D eigenvalue weighted by Gasteiger charge is -2.35. The van der Waals surface area contributed by atoms with E-state index in [-0.39, 0.29) is 6.03 Å². The molecule has 0 aromatic carbocycles. The zero-order chi connectivity index (χ0) is 14.5. The van der Waals surface area contributed by atoms with Crippen molar-refractivity contribution in [2.24, 2.45) is 0 Å². The molecule has 2 amide bonds. The van der Waals surface area contributed by atoms with Gasteiger partial charge in [0.1, 0.15) is 0 Å². The Hall–Kier alpha value is -1.62. The Morgan fingerprint density at radius 3 is 2.48 bits per heavy atom. The number of rotatable bonds is 3. The Kier molecular flexibility index (Phi) is 4.70. The molecule has 2 aliphatic rings. The Labute approximate surface area is 126 Å². The van der Waals surface area contributed by atoms with Crippen molar-refractivity contribution in [1.29, 1.82) is 0 Å². The van der Waals surface area contributed by atoms with Crippen LogP contribution < -0.4 is 5.32 Å². The topological polar surface area (TPSA) is 48.5 Å². The van der Waals surface area contributed by atoms with Crippen LogP contribution in [0.2, 0.25) is 0 Å². The van der Waals surface area contributed by atoms with Crippen molar-refractivity contribution in [2.75, 3.05) is 26.2 Å². The smallest absolute Gasteiger partial charge is 0.317 e. The Morgan fingerprint density at radius 2 is 1.81 bits per heavy atom. The third kappa shape index (κ3) is 3.94. The van der Waals surface area contributed by atoms with E-state index < -0.39 is 0 Å². The van der Waals surface area contributed by atoms with Crippen LogP contribution in [0.4, 0.5) is 4.79 Å². The molecule has 5 nitrogen and oxygen atoms in total. The van der Waals surface area contributed by atoms with Gasteiger partial charge in [0.15, 0.2) is 0 Å². The summed E-state index contributed by atoms with van der Waals surface area (Å²) in [4.78, 5) is 20.6. The van der Waals surface area contributed by atoms with E-state index in [1.54, 1.807) is 0 Å². The summed E-state index contributed by atoms with van der Waals surface area (Å²) in [6.07, 6.45) is 8.47. The van der Waals surface area contributed by atoms with E-state index in [1.165, 1.54) is 18.4 Å². The molecule has 21 heavy (non-hydrogen) atoms. The molecule has 1 aliphatic heterocycles. The largest absolute Gasteiger partial charge is 0.335 e. The molecule has 0 bridgehead atoms. The molecule has 0 spiro atoms. The Morgan fingerprint density at radius 1 is 1.14 bits per heavy atom. The number of nitrogens with one attached hydrogen (secondary N) is 1. The maximum absolute atomic E-state index is 12.2. The van der Waals surface area contributed by atoms with Crippen LogP contribution in [-0.2, 0) is 6.54 Å². The van der Waals surface area contributed by atoms with E-state index in [2.05, 4.69) is 27.3 Å². The summed E-state index contributed by atoms with van der Waals surface area (Å²) >= 11 is 0. The number of hydrogen-bond donors (Lipinski definition) is 1. The second-order valence-electron chi connectivity index (χ2n) is 6.05. The van der Waals surface area contributed by atoms with E-state index in [4.69, 9.17) is 0 Å². The lowest BCUT2D eigenvalue weighted by atomic mass is 10.2. The van der Waals surface area contributed by atoms with Crippen molar-refractivity contribution in [3.05, 3.63) is 30.1 Å². The summed E-state index contributed by atoms with van der Waals surface area (Å²) in [5.41, 5.74) is 1.29. The number of pyridine rings is 1. The minimum absolute atomic E-state index is 0.130. The summed E-state index contributed by atoms with van der Waals surface area (Å²) in [6, 6.07) is 4.65. The maximum Gasteiger partial charge on any atom is 0.317 e. The molecule has 1 saturated carbocycles. The number of carbonyl (C=O) groups is 1. The van der Waals surface area contributed by atoms with Gasteiger partial charge in [-0.3, -0.25) is 9.88 Å². The molecule has 5 heteroatoms. The number of aromatic nitrogens is 1. The fourth-order valence-corrected chi connectivity index (χ4v) is 3.19. The standard InChI is InChI=1S/C16H24N4O/c21-16(18-15-3-1-2-4-15)20-11-9-19(10-12-20)13-14-5-7-17-8-6-14/h5-8,15H,1-4,9-13H2,(H,18,21). The van der Waals surface area contributed by atoms with Crippen LogP contribution in [0.1, 0.15) is 31.2 Å². The van der Waals surface area contributed by atoms with Gasteiger partial charge in [-0.05, 0) is 30.5 Å². The van der Waals surface area contributed by atoms with Crippen molar-refractivity contribution < 1.29 is 4.79 Å². The Bertz CT molecular complexity index is 451. The first-order chi connectivity index (χ1) is 10.3. The highest BCUT2D eigenvalue weighted by Crippen LogP contribution is 2.18. The van der Waals surface area contributed by atoms with Gasteiger partial charge in [0.05, 0.1) is 0 Å². The van der Waals surface area contributed by atoms with Gasteiger partial charge in [0.2, 0.25) is 0 Å². The number of piperazine rings is 1. The number of carbonyl (C=O) groups excluding carboxylic acids is 1. The van der Waals surface area contributed by atoms with Crippen LogP contribution in [-0.4, -0.2) is 53.0 Å². The number of hydrogen-bond acceptors (Lipinski definition) is 3. The maximum atomic E-state index is 12.2. The normalized spacial score (nSPS) is 20.7. The van der Waals surface area contributed by atoms with Crippen LogP contribution >= 0.6 is 0 Å². The quantitative estimate of drug-likeness (QED) is 0.923. The molecule has 0 unspecified atom stereocenters. The lowest BCUT2D eigenvalue weighted by molar-refractivity contribution is 0.133. The lowest BCUT2D eigenvalue weighted by Crippen LogP contribution is -2.52. The fraction of sp³-hybridized carbons (Fsp3) is 0.625. The van der Waals surface area contributed by atoms with Gasteiger partial charge < -0.3 is 10.2 Å². The highest BCUT2D eigenvalue weighted by atomic mass is 16.2. The molecule has 1 aliphatic carbocycles. The van der Waals surface area contributed by atoms with E-state index in [0.29, 0.717) is 6.04 Å². The van der Waals surface area contributed by atoms with Crippen LogP contribution in [0.15, 0.2) is 24.5 Å². The molecule has 1 aromatic rings. The molecule has 2 fully saturated rings. The molecule has 1 aromatic heterocycles. The van der Waals surface area contributed by atoms with E-state index in [1.807, 2.05) is 17.3 Å². The van der Waals surface area contributed by atoms with Crippen molar-refractivity contribution in [3.8, 4) is 0 Å². The van der Waals surface area contributed by atoms with Crippen molar-refractivity contribution in [1.82, 2.24) is 20.1 Å². The first-order valence-electron chi connectivity index (χ1n) is 7.98. The molecule has 114 valence electrons. The van der Waals surface area contributed by atoms with Gasteiger partial charge in [0, 0.05) is 51.2 Å². The second kappa shape index (κ2) is 6.89. The average molecular weight is 288 g/mol. The van der Waals surface area contributed by atoms with Gasteiger partial charge in [-0.15, -0.1) is 0 Å². The fourth-order valence-electron chi connectivity index (χ4n) is 3.19. The summed E-state index contributed by atoms with van der Waals surface area (Å²) in [5.74, 6) is 0. The van der Waals surface area contributed by atoms with E-state index in [9.17, 15) is 4.79 Å². The first kappa shape index (κ1) is 14.3. The van der Waals surface area contributed by atoms with Crippen molar-refractivity contribution >= 4 is 6.03 Å². The second-order valence-corrected chi connectivity index (χ2v) is 6.05. The van der Waals surface area contributed by atoms with Crippen molar-refractivity contribution in [2.45, 2.75) is 38.3 Å². The summed E-state index contributed by atoms with van der Waals surface area (Å²) < 4.78 is 0. The minimum atomic E-state index is 0.130. The van der Waals surface area contributed by atoms with Gasteiger partial charge in [-0.2, -0.15) is 0 Å². The minimum Gasteiger partial charge on any atom is -0.335 e. The zero-order valence-corrected chi connectivity index (χ0v) is 12.5. The molecular weight excluding hydrogens is 264 g/mol. The van der Waals surface area contributed by atoms with Crippen LogP contribution in [0, 0.1) is 0 Å². The van der Waals surface area contributed by atoms with E-state index >= 15 is 0 Å². The summed E-state index contributed by atoms with van der Waals surface area (Å²) in [6.45, 7) is 4.48. The van der Waals surface area contributed by atoms with Gasteiger partial charge >= 0.3 is 6.03 Å². The molecule has 0 radical (unpaired) electrons. The molecule has 1 N–H and O–H groups in total. The number of nitrogens with zero attached hydrogens (tertiary/aromatic N) is 3. The Balaban J connectivity index is 1.43. The zero-order valence-electron chi connectivity index (χ0n) is 12.5. The summed E-state index contributed by atoms with van der Waals surface area (Å²) in [7, 11) is 0. The highest BCUT2D eigenvalue weighted by Gasteiger charge is 2.24. The molecule has 0 atom stereocenters. The molecular formula is C16H24N4O. The SMILES string of the molecule is O=C(NC1CCCC1)N1CCN(Cc2ccncc2)CC1. The van der Waals surface area contributed by atoms with Gasteiger partial charge in [-0.1, -0.05) is 12.8 Å². The van der Waals surface area contributed by atoms with Gasteiger partial charge in [0.25, 0.3) is 0 Å². The van der Waals surface area contributed by atoms with Crippen LogP contribution in [0.5, 0.6) is 0 Å². The summed E-state index contributed by atoms with van der Waals surface area (Å²) in [5, 5.41) is 3.17. The number of amides is 2. The molecule has 2 heterocycles. The molecule has 1 saturated heterocycles. The van der Waals surface area contributed by atoms with Crippen LogP contribution in [0.25, 0.3) is 0 Å². The predicted octanol–water partition coefficient (Wildman–Crippen LogP) is 1.85. The monoisotopic (exact) mass is 288 g/mol. The molecule has 3 rings (SSSR count). The first-order valence-corrected chi connectivity index (χ1v) is 7.98. The highest BCUT2D eigenvalue weighted by molar-refractivity contribution is 5.74. The number of urea groups is 1. The third-order valence-electron chi connectivity index (χ3n) is 4.50. The third-order valence-corrected chi connectivity index (χ3v) is 4.50.